The third kappa shape index (κ3) is 5.51. The predicted molar refractivity (Wildman–Crippen MR) is 137 cm³/mol. The maximum Gasteiger partial charge on any atom is 0.344 e. The van der Waals surface area contributed by atoms with Gasteiger partial charge in [0.25, 0.3) is 0 Å². The highest BCUT2D eigenvalue weighted by atomic mass is 32.2. The second-order valence-electron chi connectivity index (χ2n) is 9.84. The lowest BCUT2D eigenvalue weighted by molar-refractivity contribution is -0.134. The molecule has 4 rings (SSSR count). The highest BCUT2D eigenvalue weighted by molar-refractivity contribution is 7.91. The number of carbonyl (C=O) groups excluding carboxylic acids is 1. The number of aromatic hydroxyl groups is 1. The number of methoxy groups -OCH3 is 1. The van der Waals surface area contributed by atoms with E-state index in [0.29, 0.717) is 48.9 Å². The van der Waals surface area contributed by atoms with Crippen molar-refractivity contribution in [2.45, 2.75) is 38.5 Å². The lowest BCUT2D eigenvalue weighted by Crippen LogP contribution is -2.43. The van der Waals surface area contributed by atoms with Crippen molar-refractivity contribution in [3.05, 3.63) is 47.5 Å². The number of amidine groups is 1. The van der Waals surface area contributed by atoms with Gasteiger partial charge in [-0.3, -0.25) is 9.52 Å². The van der Waals surface area contributed by atoms with Crippen LogP contribution in [-0.4, -0.2) is 57.0 Å². The fraction of sp³-hybridized carbons (Fsp3) is 0.440. The monoisotopic (exact) mass is 516 g/mol. The molecule has 1 fully saturated rings. The van der Waals surface area contributed by atoms with Crippen LogP contribution in [0.5, 0.6) is 17.2 Å². The molecule has 0 aliphatic carbocycles. The number of amides is 1. The number of rotatable bonds is 7. The van der Waals surface area contributed by atoms with Gasteiger partial charge in [0.15, 0.2) is 17.3 Å². The highest BCUT2D eigenvalue weighted by Crippen LogP contribution is 2.35. The summed E-state index contributed by atoms with van der Waals surface area (Å²) in [7, 11) is -2.37. The smallest absolute Gasteiger partial charge is 0.344 e. The van der Waals surface area contributed by atoms with Gasteiger partial charge in [0.2, 0.25) is 5.91 Å². The summed E-state index contributed by atoms with van der Waals surface area (Å²) in [5.74, 6) is 0.928. The van der Waals surface area contributed by atoms with Gasteiger partial charge >= 0.3 is 10.2 Å². The molecule has 1 saturated heterocycles. The van der Waals surface area contributed by atoms with Crippen LogP contribution in [-0.2, 0) is 20.4 Å². The van der Waals surface area contributed by atoms with Crippen LogP contribution < -0.4 is 19.9 Å². The number of nitrogens with zero attached hydrogens (tertiary/aromatic N) is 2. The van der Waals surface area contributed by atoms with E-state index < -0.39 is 15.6 Å². The molecule has 2 aliphatic heterocycles. The van der Waals surface area contributed by atoms with Crippen molar-refractivity contribution in [2.75, 3.05) is 31.5 Å². The molecule has 2 heterocycles. The van der Waals surface area contributed by atoms with E-state index in [1.165, 1.54) is 7.11 Å². The first kappa shape index (κ1) is 25.6. The number of anilines is 1. The first-order valence-electron chi connectivity index (χ1n) is 11.8. The SMILES string of the molecule is COc1ccc(C(C)(C)CC(=O)N2CCCC(COc3cccc4c3C(N)=NS(=O)(=O)N4)C2)cc1O. The number of likely N-dealkylation sites (tertiary alicyclic amines) is 1. The maximum absolute atomic E-state index is 13.2. The summed E-state index contributed by atoms with van der Waals surface area (Å²) in [4.78, 5) is 15.1. The van der Waals surface area contributed by atoms with Crippen molar-refractivity contribution in [3.63, 3.8) is 0 Å². The van der Waals surface area contributed by atoms with Crippen LogP contribution in [0.3, 0.4) is 0 Å². The molecule has 0 spiro atoms. The van der Waals surface area contributed by atoms with Gasteiger partial charge < -0.3 is 25.2 Å². The number of fused-ring (bicyclic) bond motifs is 1. The lowest BCUT2D eigenvalue weighted by Gasteiger charge is -2.35. The molecule has 4 N–H and O–H groups in total. The second kappa shape index (κ2) is 9.88. The fourth-order valence-corrected chi connectivity index (χ4v) is 5.52. The summed E-state index contributed by atoms with van der Waals surface area (Å²) in [6.07, 6.45) is 2.07. The minimum absolute atomic E-state index is 0.0443. The van der Waals surface area contributed by atoms with E-state index in [0.717, 1.165) is 18.4 Å². The van der Waals surface area contributed by atoms with E-state index in [1.54, 1.807) is 30.3 Å². The van der Waals surface area contributed by atoms with Crippen molar-refractivity contribution in [3.8, 4) is 17.2 Å². The summed E-state index contributed by atoms with van der Waals surface area (Å²) in [6, 6.07) is 10.2. The molecule has 1 atom stereocenters. The van der Waals surface area contributed by atoms with Crippen molar-refractivity contribution >= 4 is 27.6 Å². The second-order valence-corrected chi connectivity index (χ2v) is 11.2. The van der Waals surface area contributed by atoms with E-state index in [1.807, 2.05) is 24.8 Å². The molecule has 36 heavy (non-hydrogen) atoms. The van der Waals surface area contributed by atoms with Crippen molar-refractivity contribution in [1.82, 2.24) is 4.90 Å². The van der Waals surface area contributed by atoms with Crippen LogP contribution in [0.15, 0.2) is 40.8 Å². The van der Waals surface area contributed by atoms with Crippen LogP contribution in [0, 0.1) is 5.92 Å². The van der Waals surface area contributed by atoms with E-state index in [2.05, 4.69) is 9.12 Å². The summed E-state index contributed by atoms with van der Waals surface area (Å²) >= 11 is 0. The topological polar surface area (TPSA) is 144 Å². The Balaban J connectivity index is 1.39. The average Bonchev–Trinajstić information content (AvgIpc) is 2.81. The third-order valence-electron chi connectivity index (χ3n) is 6.64. The van der Waals surface area contributed by atoms with E-state index in [-0.39, 0.29) is 23.4 Å². The van der Waals surface area contributed by atoms with Crippen LogP contribution in [0.25, 0.3) is 0 Å². The molecule has 2 aliphatic rings. The van der Waals surface area contributed by atoms with Crippen LogP contribution in [0.4, 0.5) is 5.69 Å². The highest BCUT2D eigenvalue weighted by Gasteiger charge is 2.31. The zero-order valence-electron chi connectivity index (χ0n) is 20.7. The third-order valence-corrected chi connectivity index (χ3v) is 7.55. The summed E-state index contributed by atoms with van der Waals surface area (Å²) in [5, 5.41) is 10.2. The number of phenols is 1. The molecule has 10 nitrogen and oxygen atoms in total. The Morgan fingerprint density at radius 1 is 1.28 bits per heavy atom. The summed E-state index contributed by atoms with van der Waals surface area (Å²) in [6.45, 7) is 5.57. The zero-order valence-corrected chi connectivity index (χ0v) is 21.5. The number of hydrogen-bond donors (Lipinski definition) is 3. The number of piperidine rings is 1. The van der Waals surface area contributed by atoms with Crippen molar-refractivity contribution in [2.24, 2.45) is 16.0 Å². The molecule has 0 bridgehead atoms. The standard InChI is InChI=1S/C25H32N4O6S/c1-25(2,17-9-10-20(34-3)19(30)12-17)13-22(31)29-11-5-6-16(14-29)15-35-21-8-4-7-18-23(21)24(26)28-36(32,33)27-18/h4,7-10,12,16,27,30H,5-6,11,13-15H2,1-3H3,(H2,26,28). The minimum Gasteiger partial charge on any atom is -0.504 e. The van der Waals surface area contributed by atoms with Crippen LogP contribution in [0.2, 0.25) is 0 Å². The normalized spacial score (nSPS) is 19.0. The quantitative estimate of drug-likeness (QED) is 0.513. The minimum atomic E-state index is -3.86. The predicted octanol–water partition coefficient (Wildman–Crippen LogP) is 2.76. The molecule has 2 aromatic carbocycles. The van der Waals surface area contributed by atoms with Gasteiger partial charge in [-0.2, -0.15) is 8.42 Å². The Kier molecular flexibility index (Phi) is 7.03. The number of nitrogens with two attached hydrogens (primary N) is 1. The van der Waals surface area contributed by atoms with Gasteiger partial charge in [-0.05, 0) is 48.1 Å². The van der Waals surface area contributed by atoms with Gasteiger partial charge in [0, 0.05) is 25.4 Å². The molecular formula is C25H32N4O6S. The Morgan fingerprint density at radius 2 is 2.06 bits per heavy atom. The van der Waals surface area contributed by atoms with E-state index in [9.17, 15) is 18.3 Å². The van der Waals surface area contributed by atoms with Crippen molar-refractivity contribution in [1.29, 1.82) is 0 Å². The Bertz CT molecular complexity index is 1290. The van der Waals surface area contributed by atoms with Gasteiger partial charge in [-0.25, -0.2) is 0 Å². The molecule has 0 saturated carbocycles. The number of carbonyl (C=O) groups is 1. The Labute approximate surface area is 211 Å². The molecule has 1 amide bonds. The number of phenolic OH excluding ortho intramolecular Hbond substituents is 1. The number of hydrogen-bond acceptors (Lipinski definition) is 7. The Morgan fingerprint density at radius 3 is 2.78 bits per heavy atom. The molecule has 0 radical (unpaired) electrons. The van der Waals surface area contributed by atoms with Crippen molar-refractivity contribution < 1.29 is 27.8 Å². The van der Waals surface area contributed by atoms with Crippen LogP contribution in [0.1, 0.15) is 44.2 Å². The first-order valence-corrected chi connectivity index (χ1v) is 13.2. The summed E-state index contributed by atoms with van der Waals surface area (Å²) < 4.78 is 40.6. The molecule has 2 aromatic rings. The average molecular weight is 517 g/mol. The fourth-order valence-electron chi connectivity index (χ4n) is 4.68. The molecule has 194 valence electrons. The number of benzene rings is 2. The first-order chi connectivity index (χ1) is 17.0. The van der Waals surface area contributed by atoms with Crippen LogP contribution >= 0.6 is 0 Å². The number of nitrogens with one attached hydrogen (secondary N) is 1. The largest absolute Gasteiger partial charge is 0.504 e. The van der Waals surface area contributed by atoms with E-state index in [4.69, 9.17) is 15.2 Å². The maximum atomic E-state index is 13.2. The van der Waals surface area contributed by atoms with Gasteiger partial charge in [-0.15, -0.1) is 4.40 Å². The van der Waals surface area contributed by atoms with E-state index >= 15 is 0 Å². The van der Waals surface area contributed by atoms with Gasteiger partial charge in [-0.1, -0.05) is 26.0 Å². The Hall–Kier alpha value is -3.47. The molecule has 11 heteroatoms. The molecule has 1 unspecified atom stereocenters. The molecular weight excluding hydrogens is 484 g/mol. The molecule has 0 aromatic heterocycles. The summed E-state index contributed by atoms with van der Waals surface area (Å²) in [5.41, 5.74) is 7.03. The number of ether oxygens (including phenoxy) is 2. The lowest BCUT2D eigenvalue weighted by atomic mass is 9.80. The van der Waals surface area contributed by atoms with Gasteiger partial charge in [0.1, 0.15) is 5.75 Å². The zero-order chi connectivity index (χ0) is 26.1. The van der Waals surface area contributed by atoms with Gasteiger partial charge in [0.05, 0.1) is 25.0 Å².